The first kappa shape index (κ1) is 14.0. The van der Waals surface area contributed by atoms with Crippen LogP contribution in [0.3, 0.4) is 0 Å². The van der Waals surface area contributed by atoms with Crippen molar-refractivity contribution in [1.29, 1.82) is 0 Å². The fraction of sp³-hybridized carbons (Fsp3) is 0.412. The Morgan fingerprint density at radius 3 is 2.91 bits per heavy atom. The van der Waals surface area contributed by atoms with Crippen molar-refractivity contribution >= 4 is 21.8 Å². The van der Waals surface area contributed by atoms with Gasteiger partial charge in [-0.15, -0.1) is 0 Å². The number of halogens is 1. The number of amides is 1. The molecule has 0 bridgehead atoms. The van der Waals surface area contributed by atoms with E-state index in [2.05, 4.69) is 37.6 Å². The number of carbonyl (C=O) groups is 1. The molecule has 0 atom stereocenters. The van der Waals surface area contributed by atoms with Crippen LogP contribution in [0.15, 0.2) is 28.9 Å². The van der Waals surface area contributed by atoms with Crippen LogP contribution in [0.5, 0.6) is 0 Å². The van der Waals surface area contributed by atoms with Gasteiger partial charge in [0.1, 0.15) is 11.5 Å². The van der Waals surface area contributed by atoms with Gasteiger partial charge in [0.25, 0.3) is 5.91 Å². The maximum Gasteiger partial charge on any atom is 0.274 e. The molecule has 0 fully saturated rings. The first-order valence-corrected chi connectivity index (χ1v) is 8.62. The lowest BCUT2D eigenvalue weighted by Gasteiger charge is -2.28. The van der Waals surface area contributed by atoms with Crippen LogP contribution in [-0.2, 0) is 25.9 Å². The minimum atomic E-state index is 0.0652. The second-order valence-electron chi connectivity index (χ2n) is 6.08. The van der Waals surface area contributed by atoms with Crippen molar-refractivity contribution in [2.24, 2.45) is 0 Å². The summed E-state index contributed by atoms with van der Waals surface area (Å²) in [5, 5.41) is 0. The Balaban J connectivity index is 1.56. The van der Waals surface area contributed by atoms with Gasteiger partial charge in [0.05, 0.1) is 0 Å². The molecule has 4 nitrogen and oxygen atoms in total. The average Bonchev–Trinajstić information content (AvgIpc) is 2.97. The lowest BCUT2D eigenvalue weighted by Crippen LogP contribution is -2.36. The van der Waals surface area contributed by atoms with E-state index in [1.807, 2.05) is 17.2 Å². The van der Waals surface area contributed by atoms with E-state index in [0.717, 1.165) is 36.2 Å². The number of imidazole rings is 1. The third-order valence-corrected chi connectivity index (χ3v) is 5.09. The van der Waals surface area contributed by atoms with Gasteiger partial charge in [-0.1, -0.05) is 22.0 Å². The lowest BCUT2D eigenvalue weighted by atomic mass is 10.00. The number of fused-ring (bicyclic) bond motifs is 2. The summed E-state index contributed by atoms with van der Waals surface area (Å²) in [6, 6.07) is 6.31. The molecule has 0 unspecified atom stereocenters. The van der Waals surface area contributed by atoms with E-state index in [0.29, 0.717) is 12.2 Å². The molecule has 0 radical (unpaired) electrons. The molecule has 1 amide bonds. The number of hydrogen-bond acceptors (Lipinski definition) is 2. The van der Waals surface area contributed by atoms with Crippen LogP contribution in [0.1, 0.15) is 40.3 Å². The molecule has 0 spiro atoms. The summed E-state index contributed by atoms with van der Waals surface area (Å²) < 4.78 is 3.25. The molecule has 4 rings (SSSR count). The van der Waals surface area contributed by atoms with Crippen molar-refractivity contribution in [1.82, 2.24) is 14.5 Å². The topological polar surface area (TPSA) is 38.1 Å². The summed E-state index contributed by atoms with van der Waals surface area (Å²) in [7, 11) is 0. The summed E-state index contributed by atoms with van der Waals surface area (Å²) >= 11 is 3.51. The second-order valence-corrected chi connectivity index (χ2v) is 7.00. The molecule has 0 saturated heterocycles. The second kappa shape index (κ2) is 5.54. The minimum absolute atomic E-state index is 0.0652. The van der Waals surface area contributed by atoms with E-state index in [1.165, 1.54) is 24.0 Å². The van der Waals surface area contributed by atoms with Gasteiger partial charge in [-0.25, -0.2) is 4.98 Å². The van der Waals surface area contributed by atoms with Crippen molar-refractivity contribution in [3.05, 3.63) is 51.5 Å². The smallest absolute Gasteiger partial charge is 0.274 e. The normalized spacial score (nSPS) is 17.0. The van der Waals surface area contributed by atoms with Crippen LogP contribution < -0.4 is 0 Å². The molecule has 5 heteroatoms. The molecule has 0 N–H and O–H groups in total. The third kappa shape index (κ3) is 2.47. The van der Waals surface area contributed by atoms with Crippen molar-refractivity contribution in [3.63, 3.8) is 0 Å². The molecular formula is C17H18BrN3O. The van der Waals surface area contributed by atoms with Crippen LogP contribution in [0.2, 0.25) is 0 Å². The molecule has 0 saturated carbocycles. The van der Waals surface area contributed by atoms with E-state index in [1.54, 1.807) is 0 Å². The molecule has 0 aliphatic carbocycles. The van der Waals surface area contributed by atoms with Gasteiger partial charge in [-0.2, -0.15) is 0 Å². The van der Waals surface area contributed by atoms with E-state index in [9.17, 15) is 4.79 Å². The zero-order valence-corrected chi connectivity index (χ0v) is 14.0. The van der Waals surface area contributed by atoms with E-state index in [-0.39, 0.29) is 5.91 Å². The van der Waals surface area contributed by atoms with E-state index in [4.69, 9.17) is 0 Å². The van der Waals surface area contributed by atoms with Gasteiger partial charge in [-0.3, -0.25) is 4.79 Å². The summed E-state index contributed by atoms with van der Waals surface area (Å²) in [5.74, 6) is 1.13. The standard InChI is InChI=1S/C17H18BrN3O/c18-14-5-4-13-10-21(8-6-12(13)9-14)17(22)15-11-20-7-2-1-3-16(20)19-15/h4-5,9,11H,1-3,6-8,10H2. The van der Waals surface area contributed by atoms with Crippen molar-refractivity contribution < 1.29 is 4.79 Å². The Hall–Kier alpha value is -1.62. The van der Waals surface area contributed by atoms with Gasteiger partial charge in [0.15, 0.2) is 0 Å². The Bertz CT molecular complexity index is 714. The number of aromatic nitrogens is 2. The Labute approximate surface area is 138 Å². The van der Waals surface area contributed by atoms with Gasteiger partial charge < -0.3 is 9.47 Å². The SMILES string of the molecule is O=C(c1cn2c(n1)CCCC2)N1CCc2cc(Br)ccc2C1. The molecule has 2 aromatic rings. The highest BCUT2D eigenvalue weighted by atomic mass is 79.9. The average molecular weight is 360 g/mol. The van der Waals surface area contributed by atoms with Gasteiger partial charge in [0, 0.05) is 36.7 Å². The first-order chi connectivity index (χ1) is 10.7. The molecule has 2 aliphatic heterocycles. The van der Waals surface area contributed by atoms with Crippen LogP contribution in [-0.4, -0.2) is 26.9 Å². The van der Waals surface area contributed by atoms with Crippen LogP contribution >= 0.6 is 15.9 Å². The molecule has 22 heavy (non-hydrogen) atoms. The lowest BCUT2D eigenvalue weighted by molar-refractivity contribution is 0.0729. The Morgan fingerprint density at radius 1 is 1.14 bits per heavy atom. The highest BCUT2D eigenvalue weighted by molar-refractivity contribution is 9.10. The third-order valence-electron chi connectivity index (χ3n) is 4.60. The summed E-state index contributed by atoms with van der Waals surface area (Å²) in [6.45, 7) is 2.45. The number of carbonyl (C=O) groups excluding carboxylic acids is 1. The van der Waals surface area contributed by atoms with Gasteiger partial charge in [-0.05, 0) is 42.5 Å². The van der Waals surface area contributed by atoms with E-state index >= 15 is 0 Å². The summed E-state index contributed by atoms with van der Waals surface area (Å²) in [5.41, 5.74) is 3.19. The largest absolute Gasteiger partial charge is 0.334 e. The summed E-state index contributed by atoms with van der Waals surface area (Å²) in [6.07, 6.45) is 6.20. The van der Waals surface area contributed by atoms with Crippen molar-refractivity contribution in [3.8, 4) is 0 Å². The highest BCUT2D eigenvalue weighted by Gasteiger charge is 2.25. The number of hydrogen-bond donors (Lipinski definition) is 0. The fourth-order valence-electron chi connectivity index (χ4n) is 3.37. The first-order valence-electron chi connectivity index (χ1n) is 7.83. The molecule has 2 aliphatic rings. The van der Waals surface area contributed by atoms with Crippen LogP contribution in [0.25, 0.3) is 0 Å². The highest BCUT2D eigenvalue weighted by Crippen LogP contribution is 2.24. The van der Waals surface area contributed by atoms with Crippen molar-refractivity contribution in [2.75, 3.05) is 6.54 Å². The van der Waals surface area contributed by atoms with Crippen LogP contribution in [0, 0.1) is 0 Å². The molecular weight excluding hydrogens is 342 g/mol. The predicted molar refractivity (Wildman–Crippen MR) is 87.8 cm³/mol. The zero-order valence-electron chi connectivity index (χ0n) is 12.4. The zero-order chi connectivity index (χ0) is 15.1. The predicted octanol–water partition coefficient (Wildman–Crippen LogP) is 3.18. The monoisotopic (exact) mass is 359 g/mol. The van der Waals surface area contributed by atoms with Crippen molar-refractivity contribution in [2.45, 2.75) is 38.8 Å². The van der Waals surface area contributed by atoms with Gasteiger partial charge in [0.2, 0.25) is 0 Å². The molecule has 114 valence electrons. The number of rotatable bonds is 1. The number of nitrogens with zero attached hydrogens (tertiary/aromatic N) is 3. The number of benzene rings is 1. The maximum absolute atomic E-state index is 12.7. The fourth-order valence-corrected chi connectivity index (χ4v) is 3.78. The molecule has 3 heterocycles. The maximum atomic E-state index is 12.7. The Morgan fingerprint density at radius 2 is 2.05 bits per heavy atom. The van der Waals surface area contributed by atoms with Crippen LogP contribution in [0.4, 0.5) is 0 Å². The van der Waals surface area contributed by atoms with E-state index < -0.39 is 0 Å². The quantitative estimate of drug-likeness (QED) is 0.784. The Kier molecular flexibility index (Phi) is 3.53. The minimum Gasteiger partial charge on any atom is -0.334 e. The summed E-state index contributed by atoms with van der Waals surface area (Å²) in [4.78, 5) is 19.2. The van der Waals surface area contributed by atoms with Gasteiger partial charge >= 0.3 is 0 Å². The molecule has 1 aromatic heterocycles. The molecule has 1 aromatic carbocycles. The number of aryl methyl sites for hydroxylation is 2.